The molecule has 0 saturated carbocycles. The van der Waals surface area contributed by atoms with Gasteiger partial charge in [-0.1, -0.05) is 17.5 Å². The molecule has 0 amide bonds. The van der Waals surface area contributed by atoms with Crippen LogP contribution in [0.4, 0.5) is 0 Å². The van der Waals surface area contributed by atoms with E-state index in [0.717, 1.165) is 0 Å². The first-order valence-corrected chi connectivity index (χ1v) is 4.51. The molecule has 0 radical (unpaired) electrons. The third-order valence-corrected chi connectivity index (χ3v) is 1.82. The summed E-state index contributed by atoms with van der Waals surface area (Å²) in [5, 5.41) is 7.90. The Balaban J connectivity index is 2.55. The van der Waals surface area contributed by atoms with Crippen molar-refractivity contribution in [2.24, 2.45) is 0 Å². The normalized spacial score (nSPS) is 11.0. The molecule has 0 aliphatic rings. The molecule has 1 rings (SSSR count). The lowest BCUT2D eigenvalue weighted by Gasteiger charge is -2.17. The number of hydrogen-bond acceptors (Lipinski definition) is 3. The number of terminal acetylenes is 1. The van der Waals surface area contributed by atoms with Crippen LogP contribution in [-0.2, 0) is 11.3 Å². The van der Waals surface area contributed by atoms with Crippen molar-refractivity contribution < 1.29 is 4.74 Å². The molecule has 14 heavy (non-hydrogen) atoms. The van der Waals surface area contributed by atoms with Crippen molar-refractivity contribution in [2.45, 2.75) is 26.1 Å². The highest BCUT2D eigenvalue weighted by atomic mass is 35.5. The summed E-state index contributed by atoms with van der Waals surface area (Å²) in [6.45, 7) is 3.97. The maximum atomic E-state index is 5.58. The molecule has 1 aromatic heterocycles. The molecule has 0 saturated heterocycles. The van der Waals surface area contributed by atoms with Crippen LogP contribution in [0.3, 0.4) is 0 Å². The Kier molecular flexibility index (Phi) is 3.45. The Morgan fingerprint density at radius 3 is 2.71 bits per heavy atom. The van der Waals surface area contributed by atoms with E-state index in [1.165, 1.54) is 0 Å². The summed E-state index contributed by atoms with van der Waals surface area (Å²) in [4.78, 5) is 0. The van der Waals surface area contributed by atoms with Crippen molar-refractivity contribution in [3.8, 4) is 12.3 Å². The van der Waals surface area contributed by atoms with Crippen molar-refractivity contribution in [1.82, 2.24) is 10.2 Å². The molecule has 0 spiro atoms. The standard InChI is InChI=1S/C10H11ClN2O/c1-4-10(2,3)14-7-8-5-6-9(11)13-12-8/h1,5-6H,7H2,2-3H3. The zero-order chi connectivity index (χ0) is 10.6. The highest BCUT2D eigenvalue weighted by Gasteiger charge is 2.14. The number of hydrogen-bond donors (Lipinski definition) is 0. The first-order valence-electron chi connectivity index (χ1n) is 4.13. The van der Waals surface area contributed by atoms with Gasteiger partial charge in [-0.15, -0.1) is 11.5 Å². The third-order valence-electron chi connectivity index (χ3n) is 1.62. The van der Waals surface area contributed by atoms with Crippen molar-refractivity contribution >= 4 is 11.6 Å². The third kappa shape index (κ3) is 3.33. The summed E-state index contributed by atoms with van der Waals surface area (Å²) in [5.74, 6) is 2.53. The van der Waals surface area contributed by atoms with E-state index in [4.69, 9.17) is 22.8 Å². The maximum Gasteiger partial charge on any atom is 0.151 e. The predicted molar refractivity (Wildman–Crippen MR) is 54.7 cm³/mol. The molecular weight excluding hydrogens is 200 g/mol. The van der Waals surface area contributed by atoms with Crippen LogP contribution >= 0.6 is 11.6 Å². The Bertz CT molecular complexity index is 340. The predicted octanol–water partition coefficient (Wildman–Crippen LogP) is 2.06. The fourth-order valence-corrected chi connectivity index (χ4v) is 0.817. The molecule has 1 aromatic rings. The van der Waals surface area contributed by atoms with Crippen molar-refractivity contribution in [3.05, 3.63) is 23.0 Å². The van der Waals surface area contributed by atoms with Gasteiger partial charge in [-0.05, 0) is 26.0 Å². The highest BCUT2D eigenvalue weighted by Crippen LogP contribution is 2.10. The van der Waals surface area contributed by atoms with Gasteiger partial charge in [0.05, 0.1) is 12.3 Å². The lowest BCUT2D eigenvalue weighted by molar-refractivity contribution is 0.0125. The minimum Gasteiger partial charge on any atom is -0.357 e. The molecule has 4 heteroatoms. The van der Waals surface area contributed by atoms with Gasteiger partial charge in [-0.25, -0.2) is 0 Å². The molecule has 0 bridgehead atoms. The molecule has 0 fully saturated rings. The molecule has 0 N–H and O–H groups in total. The van der Waals surface area contributed by atoms with Gasteiger partial charge in [0.15, 0.2) is 5.15 Å². The van der Waals surface area contributed by atoms with E-state index >= 15 is 0 Å². The lowest BCUT2D eigenvalue weighted by Crippen LogP contribution is -2.21. The number of ether oxygens (including phenoxy) is 1. The molecule has 3 nitrogen and oxygen atoms in total. The Morgan fingerprint density at radius 2 is 2.21 bits per heavy atom. The molecule has 0 aliphatic heterocycles. The van der Waals surface area contributed by atoms with Crippen LogP contribution < -0.4 is 0 Å². The number of aromatic nitrogens is 2. The smallest absolute Gasteiger partial charge is 0.151 e. The van der Waals surface area contributed by atoms with Crippen LogP contribution in [0.1, 0.15) is 19.5 Å². The number of rotatable bonds is 3. The van der Waals surface area contributed by atoms with Gasteiger partial charge in [0, 0.05) is 0 Å². The second-order valence-electron chi connectivity index (χ2n) is 3.29. The van der Waals surface area contributed by atoms with E-state index in [9.17, 15) is 0 Å². The summed E-state index contributed by atoms with van der Waals surface area (Å²) in [6.07, 6.45) is 5.26. The van der Waals surface area contributed by atoms with Crippen LogP contribution in [0.5, 0.6) is 0 Å². The van der Waals surface area contributed by atoms with Gasteiger partial charge >= 0.3 is 0 Å². The number of halogens is 1. The molecule has 0 atom stereocenters. The van der Waals surface area contributed by atoms with E-state index < -0.39 is 5.60 Å². The van der Waals surface area contributed by atoms with Gasteiger partial charge < -0.3 is 4.74 Å². The molecule has 0 unspecified atom stereocenters. The Hall–Kier alpha value is -1.11. The minimum absolute atomic E-state index is 0.335. The molecular formula is C10H11ClN2O. The maximum absolute atomic E-state index is 5.58. The average Bonchev–Trinajstić information content (AvgIpc) is 2.17. The Labute approximate surface area is 88.4 Å². The first kappa shape index (κ1) is 11.0. The topological polar surface area (TPSA) is 35.0 Å². The van der Waals surface area contributed by atoms with Crippen molar-refractivity contribution in [3.63, 3.8) is 0 Å². The van der Waals surface area contributed by atoms with Crippen molar-refractivity contribution in [1.29, 1.82) is 0 Å². The first-order chi connectivity index (χ1) is 6.53. The van der Waals surface area contributed by atoms with E-state index in [0.29, 0.717) is 17.5 Å². The summed E-state index contributed by atoms with van der Waals surface area (Å²) < 4.78 is 5.42. The van der Waals surface area contributed by atoms with Gasteiger partial charge in [0.25, 0.3) is 0 Å². The summed E-state index contributed by atoms with van der Waals surface area (Å²) in [5.41, 5.74) is 0.124. The fourth-order valence-electron chi connectivity index (χ4n) is 0.717. The molecule has 74 valence electrons. The van der Waals surface area contributed by atoms with Gasteiger partial charge in [-0.3, -0.25) is 0 Å². The zero-order valence-electron chi connectivity index (χ0n) is 8.12. The number of nitrogens with zero attached hydrogens (tertiary/aromatic N) is 2. The van der Waals surface area contributed by atoms with E-state index in [1.807, 2.05) is 13.8 Å². The zero-order valence-corrected chi connectivity index (χ0v) is 8.88. The van der Waals surface area contributed by atoms with E-state index in [2.05, 4.69) is 16.1 Å². The van der Waals surface area contributed by atoms with Crippen LogP contribution in [0, 0.1) is 12.3 Å². The van der Waals surface area contributed by atoms with Crippen LogP contribution in [0.25, 0.3) is 0 Å². The monoisotopic (exact) mass is 210 g/mol. The summed E-state index contributed by atoms with van der Waals surface area (Å²) >= 11 is 5.58. The van der Waals surface area contributed by atoms with Gasteiger partial charge in [-0.2, -0.15) is 5.10 Å². The Morgan fingerprint density at radius 1 is 1.50 bits per heavy atom. The minimum atomic E-state index is -0.582. The summed E-state index contributed by atoms with van der Waals surface area (Å²) in [7, 11) is 0. The molecule has 1 heterocycles. The van der Waals surface area contributed by atoms with Crippen molar-refractivity contribution in [2.75, 3.05) is 0 Å². The highest BCUT2D eigenvalue weighted by molar-refractivity contribution is 6.29. The van der Waals surface area contributed by atoms with Gasteiger partial charge in [0.2, 0.25) is 0 Å². The van der Waals surface area contributed by atoms with Crippen LogP contribution in [-0.4, -0.2) is 15.8 Å². The van der Waals surface area contributed by atoms with Gasteiger partial charge in [0.1, 0.15) is 5.60 Å². The quantitative estimate of drug-likeness (QED) is 0.717. The van der Waals surface area contributed by atoms with E-state index in [-0.39, 0.29) is 0 Å². The SMILES string of the molecule is C#CC(C)(C)OCc1ccc(Cl)nn1. The lowest BCUT2D eigenvalue weighted by atomic mass is 10.1. The molecule has 0 aromatic carbocycles. The second-order valence-corrected chi connectivity index (χ2v) is 3.68. The largest absolute Gasteiger partial charge is 0.357 e. The summed E-state index contributed by atoms with van der Waals surface area (Å²) in [6, 6.07) is 3.41. The average molecular weight is 211 g/mol. The van der Waals surface area contributed by atoms with Crippen LogP contribution in [0.15, 0.2) is 12.1 Å². The van der Waals surface area contributed by atoms with Crippen LogP contribution in [0.2, 0.25) is 5.15 Å². The fraction of sp³-hybridized carbons (Fsp3) is 0.400. The van der Waals surface area contributed by atoms with E-state index in [1.54, 1.807) is 12.1 Å². The second kappa shape index (κ2) is 4.41. The molecule has 0 aliphatic carbocycles.